The predicted molar refractivity (Wildman–Crippen MR) is 120 cm³/mol. The van der Waals surface area contributed by atoms with Crippen LogP contribution in [0.1, 0.15) is 17.0 Å². The van der Waals surface area contributed by atoms with Gasteiger partial charge in [-0.05, 0) is 23.6 Å². The largest absolute Gasteiger partial charge is 0.365 e. The molecule has 2 aromatic carbocycles. The highest BCUT2D eigenvalue weighted by Gasteiger charge is 2.14. The van der Waals surface area contributed by atoms with Gasteiger partial charge < -0.3 is 5.32 Å². The van der Waals surface area contributed by atoms with E-state index in [1.807, 2.05) is 17.7 Å². The van der Waals surface area contributed by atoms with Gasteiger partial charge in [0.25, 0.3) is 0 Å². The van der Waals surface area contributed by atoms with Gasteiger partial charge in [0.05, 0.1) is 11.9 Å². The highest BCUT2D eigenvalue weighted by atomic mass is 32.1. The minimum Gasteiger partial charge on any atom is -0.365 e. The van der Waals surface area contributed by atoms with E-state index in [1.165, 1.54) is 22.3 Å². The number of benzene rings is 2. The van der Waals surface area contributed by atoms with Crippen molar-refractivity contribution in [3.63, 3.8) is 0 Å². The molecule has 3 heterocycles. The molecule has 0 spiro atoms. The van der Waals surface area contributed by atoms with Crippen LogP contribution >= 0.6 is 11.3 Å². The van der Waals surface area contributed by atoms with Crippen molar-refractivity contribution in [2.75, 3.05) is 5.32 Å². The summed E-state index contributed by atoms with van der Waals surface area (Å²) in [7, 11) is 0. The Morgan fingerprint density at radius 1 is 0.967 bits per heavy atom. The molecule has 0 aliphatic heterocycles. The number of nitrogens with one attached hydrogen (secondary N) is 1. The maximum atomic E-state index is 4.71. The molecule has 0 bridgehead atoms. The van der Waals surface area contributed by atoms with Gasteiger partial charge in [-0.15, -0.1) is 11.3 Å². The maximum absolute atomic E-state index is 4.71. The lowest BCUT2D eigenvalue weighted by atomic mass is 10.1. The zero-order valence-corrected chi connectivity index (χ0v) is 17.3. The molecule has 0 radical (unpaired) electrons. The standard InChI is InChI=1S/C23H20N6S/c1-16-27-22(21-20(13-30-23(21)28-16)19-5-3-2-4-6-19)25-11-17-7-9-18(10-8-17)12-29-15-24-14-26-29/h2-10,13-15H,11-12H2,1H3,(H,25,27,28). The molecule has 5 aromatic rings. The lowest BCUT2D eigenvalue weighted by Gasteiger charge is -2.10. The number of aryl methyl sites for hydroxylation is 1. The quantitative estimate of drug-likeness (QED) is 0.429. The van der Waals surface area contributed by atoms with Gasteiger partial charge in [-0.2, -0.15) is 5.10 Å². The Balaban J connectivity index is 1.39. The first-order chi connectivity index (χ1) is 14.8. The smallest absolute Gasteiger partial charge is 0.139 e. The molecular formula is C23H20N6S. The third-order valence-electron chi connectivity index (χ3n) is 4.92. The summed E-state index contributed by atoms with van der Waals surface area (Å²) in [4.78, 5) is 14.3. The second-order valence-electron chi connectivity index (χ2n) is 7.08. The molecule has 0 atom stereocenters. The zero-order valence-electron chi connectivity index (χ0n) is 16.5. The average Bonchev–Trinajstić information content (AvgIpc) is 3.43. The summed E-state index contributed by atoms with van der Waals surface area (Å²) in [6.45, 7) is 3.35. The Bertz CT molecular complexity index is 1260. The van der Waals surface area contributed by atoms with E-state index in [4.69, 9.17) is 4.98 Å². The van der Waals surface area contributed by atoms with E-state index >= 15 is 0 Å². The summed E-state index contributed by atoms with van der Waals surface area (Å²) in [5.74, 6) is 1.65. The molecule has 0 saturated heterocycles. The Labute approximate surface area is 178 Å². The number of hydrogen-bond donors (Lipinski definition) is 1. The fourth-order valence-electron chi connectivity index (χ4n) is 3.46. The van der Waals surface area contributed by atoms with Gasteiger partial charge in [-0.1, -0.05) is 54.6 Å². The lowest BCUT2D eigenvalue weighted by Crippen LogP contribution is -2.04. The molecule has 5 rings (SSSR count). The Kier molecular flexibility index (Phi) is 4.94. The van der Waals surface area contributed by atoms with Gasteiger partial charge in [0.15, 0.2) is 0 Å². The molecule has 0 aliphatic carbocycles. The van der Waals surface area contributed by atoms with Crippen LogP contribution in [0.2, 0.25) is 0 Å². The van der Waals surface area contributed by atoms with Crippen LogP contribution in [0.25, 0.3) is 21.3 Å². The number of aromatic nitrogens is 5. The van der Waals surface area contributed by atoms with Crippen molar-refractivity contribution < 1.29 is 0 Å². The van der Waals surface area contributed by atoms with E-state index in [-0.39, 0.29) is 0 Å². The first-order valence-corrected chi connectivity index (χ1v) is 10.6. The number of anilines is 1. The number of rotatable bonds is 6. The summed E-state index contributed by atoms with van der Waals surface area (Å²) in [6.07, 6.45) is 3.28. The summed E-state index contributed by atoms with van der Waals surface area (Å²) in [5, 5.41) is 10.9. The molecule has 0 unspecified atom stereocenters. The van der Waals surface area contributed by atoms with Gasteiger partial charge in [-0.25, -0.2) is 19.6 Å². The molecule has 30 heavy (non-hydrogen) atoms. The molecular weight excluding hydrogens is 392 g/mol. The number of nitrogens with zero attached hydrogens (tertiary/aromatic N) is 5. The summed E-state index contributed by atoms with van der Waals surface area (Å²) in [5.41, 5.74) is 4.73. The zero-order chi connectivity index (χ0) is 20.3. The monoisotopic (exact) mass is 412 g/mol. The molecule has 0 amide bonds. The van der Waals surface area contributed by atoms with Gasteiger partial charge in [0, 0.05) is 17.5 Å². The van der Waals surface area contributed by atoms with Crippen molar-refractivity contribution in [1.82, 2.24) is 24.7 Å². The summed E-state index contributed by atoms with van der Waals surface area (Å²) < 4.78 is 1.81. The van der Waals surface area contributed by atoms with Crippen LogP contribution in [-0.2, 0) is 13.1 Å². The van der Waals surface area contributed by atoms with Crippen molar-refractivity contribution in [2.24, 2.45) is 0 Å². The van der Waals surface area contributed by atoms with Crippen molar-refractivity contribution in [3.8, 4) is 11.1 Å². The van der Waals surface area contributed by atoms with Crippen molar-refractivity contribution >= 4 is 27.4 Å². The minimum atomic E-state index is 0.694. The van der Waals surface area contributed by atoms with Crippen molar-refractivity contribution in [1.29, 1.82) is 0 Å². The van der Waals surface area contributed by atoms with E-state index < -0.39 is 0 Å². The van der Waals surface area contributed by atoms with Crippen molar-refractivity contribution in [3.05, 3.63) is 89.6 Å². The lowest BCUT2D eigenvalue weighted by molar-refractivity contribution is 0.684. The first-order valence-electron chi connectivity index (χ1n) is 9.71. The van der Waals surface area contributed by atoms with Gasteiger partial charge in [0.2, 0.25) is 0 Å². The second kappa shape index (κ2) is 8.04. The van der Waals surface area contributed by atoms with E-state index in [9.17, 15) is 0 Å². The van der Waals surface area contributed by atoms with Gasteiger partial charge >= 0.3 is 0 Å². The SMILES string of the molecule is Cc1nc(NCc2ccc(Cn3cncn3)cc2)c2c(-c3ccccc3)csc2n1. The molecule has 7 heteroatoms. The Morgan fingerprint density at radius 2 is 1.77 bits per heavy atom. The summed E-state index contributed by atoms with van der Waals surface area (Å²) in [6, 6.07) is 18.9. The van der Waals surface area contributed by atoms with E-state index in [0.717, 1.165) is 28.4 Å². The van der Waals surface area contributed by atoms with Crippen LogP contribution in [0.4, 0.5) is 5.82 Å². The molecule has 6 nitrogen and oxygen atoms in total. The van der Waals surface area contributed by atoms with Crippen LogP contribution in [0, 0.1) is 6.92 Å². The average molecular weight is 413 g/mol. The molecule has 1 N–H and O–H groups in total. The number of thiophene rings is 1. The molecule has 148 valence electrons. The molecule has 3 aromatic heterocycles. The van der Waals surface area contributed by atoms with Crippen LogP contribution in [-0.4, -0.2) is 24.7 Å². The van der Waals surface area contributed by atoms with Crippen LogP contribution in [0.15, 0.2) is 72.6 Å². The van der Waals surface area contributed by atoms with Gasteiger partial charge in [0.1, 0.15) is 29.1 Å². The first kappa shape index (κ1) is 18.4. The van der Waals surface area contributed by atoms with E-state index in [2.05, 4.69) is 74.3 Å². The van der Waals surface area contributed by atoms with E-state index in [0.29, 0.717) is 6.54 Å². The fourth-order valence-corrected chi connectivity index (χ4v) is 4.45. The maximum Gasteiger partial charge on any atom is 0.139 e. The normalized spacial score (nSPS) is 11.1. The van der Waals surface area contributed by atoms with Gasteiger partial charge in [-0.3, -0.25) is 0 Å². The summed E-state index contributed by atoms with van der Waals surface area (Å²) >= 11 is 1.66. The number of fused-ring (bicyclic) bond motifs is 1. The van der Waals surface area contributed by atoms with Crippen LogP contribution in [0.5, 0.6) is 0 Å². The van der Waals surface area contributed by atoms with Crippen LogP contribution in [0.3, 0.4) is 0 Å². The fraction of sp³-hybridized carbons (Fsp3) is 0.130. The highest BCUT2D eigenvalue weighted by Crippen LogP contribution is 2.37. The van der Waals surface area contributed by atoms with Crippen molar-refractivity contribution in [2.45, 2.75) is 20.0 Å². The predicted octanol–water partition coefficient (Wildman–Crippen LogP) is 4.92. The Morgan fingerprint density at radius 3 is 2.53 bits per heavy atom. The highest BCUT2D eigenvalue weighted by molar-refractivity contribution is 7.17. The molecule has 0 fully saturated rings. The third-order valence-corrected chi connectivity index (χ3v) is 5.80. The third kappa shape index (κ3) is 3.79. The topological polar surface area (TPSA) is 68.5 Å². The Hall–Kier alpha value is -3.58. The second-order valence-corrected chi connectivity index (χ2v) is 7.94. The minimum absolute atomic E-state index is 0.694. The molecule has 0 aliphatic rings. The van der Waals surface area contributed by atoms with E-state index in [1.54, 1.807) is 24.0 Å². The number of hydrogen-bond acceptors (Lipinski definition) is 6. The van der Waals surface area contributed by atoms with Crippen LogP contribution < -0.4 is 5.32 Å². The molecule has 0 saturated carbocycles.